The van der Waals surface area contributed by atoms with Gasteiger partial charge < -0.3 is 11.1 Å². The summed E-state index contributed by atoms with van der Waals surface area (Å²) in [6.07, 6.45) is 4.83. The SMILES string of the molecule is CC(C)C(C)CC(=O)NC1CCC(N)CC1. The quantitative estimate of drug-likeness (QED) is 0.771. The van der Waals surface area contributed by atoms with Gasteiger partial charge in [0.05, 0.1) is 0 Å². The molecule has 0 aromatic carbocycles. The van der Waals surface area contributed by atoms with Crippen LogP contribution in [0.4, 0.5) is 0 Å². The van der Waals surface area contributed by atoms with Gasteiger partial charge in [0.15, 0.2) is 0 Å². The van der Waals surface area contributed by atoms with Crippen molar-refractivity contribution in [1.29, 1.82) is 0 Å². The average Bonchev–Trinajstić information content (AvgIpc) is 2.21. The zero-order valence-electron chi connectivity index (χ0n) is 10.8. The van der Waals surface area contributed by atoms with Crippen LogP contribution in [0.15, 0.2) is 0 Å². The third kappa shape index (κ3) is 4.52. The summed E-state index contributed by atoms with van der Waals surface area (Å²) in [6.45, 7) is 6.47. The zero-order chi connectivity index (χ0) is 12.1. The lowest BCUT2D eigenvalue weighted by Crippen LogP contribution is -2.41. The summed E-state index contributed by atoms with van der Waals surface area (Å²) in [5.41, 5.74) is 5.84. The first-order chi connectivity index (χ1) is 7.49. The van der Waals surface area contributed by atoms with E-state index in [0.717, 1.165) is 25.7 Å². The molecule has 0 aliphatic heterocycles. The Balaban J connectivity index is 2.24. The standard InChI is InChI=1S/C13H26N2O/c1-9(2)10(3)8-13(16)15-12-6-4-11(14)5-7-12/h9-12H,4-8,14H2,1-3H3,(H,15,16). The maximum atomic E-state index is 11.8. The Morgan fingerprint density at radius 1 is 1.25 bits per heavy atom. The van der Waals surface area contributed by atoms with E-state index >= 15 is 0 Å². The van der Waals surface area contributed by atoms with Gasteiger partial charge in [0.2, 0.25) is 5.91 Å². The first-order valence-corrected chi connectivity index (χ1v) is 6.54. The lowest BCUT2D eigenvalue weighted by molar-refractivity contribution is -0.123. The summed E-state index contributed by atoms with van der Waals surface area (Å²) in [6, 6.07) is 0.717. The Labute approximate surface area is 99.2 Å². The Morgan fingerprint density at radius 2 is 1.81 bits per heavy atom. The van der Waals surface area contributed by atoms with Crippen LogP contribution in [0.3, 0.4) is 0 Å². The fourth-order valence-corrected chi connectivity index (χ4v) is 2.08. The molecule has 1 rings (SSSR count). The molecular weight excluding hydrogens is 200 g/mol. The van der Waals surface area contributed by atoms with E-state index in [4.69, 9.17) is 5.73 Å². The van der Waals surface area contributed by atoms with Crippen molar-refractivity contribution in [1.82, 2.24) is 5.32 Å². The maximum Gasteiger partial charge on any atom is 0.220 e. The summed E-state index contributed by atoms with van der Waals surface area (Å²) in [4.78, 5) is 11.8. The van der Waals surface area contributed by atoms with Gasteiger partial charge in [-0.15, -0.1) is 0 Å². The normalized spacial score (nSPS) is 27.8. The van der Waals surface area contributed by atoms with Crippen LogP contribution in [-0.2, 0) is 4.79 Å². The minimum absolute atomic E-state index is 0.210. The Hall–Kier alpha value is -0.570. The third-order valence-corrected chi connectivity index (χ3v) is 3.78. The zero-order valence-corrected chi connectivity index (χ0v) is 10.8. The van der Waals surface area contributed by atoms with E-state index in [0.29, 0.717) is 30.3 Å². The van der Waals surface area contributed by atoms with Crippen molar-refractivity contribution >= 4 is 5.91 Å². The summed E-state index contributed by atoms with van der Waals surface area (Å²) in [5.74, 6) is 1.25. The number of nitrogens with two attached hydrogens (primary N) is 1. The van der Waals surface area contributed by atoms with Gasteiger partial charge in [-0.2, -0.15) is 0 Å². The molecule has 94 valence electrons. The van der Waals surface area contributed by atoms with Gasteiger partial charge in [-0.3, -0.25) is 4.79 Å². The van der Waals surface area contributed by atoms with Crippen molar-refractivity contribution in [3.63, 3.8) is 0 Å². The monoisotopic (exact) mass is 226 g/mol. The fraction of sp³-hybridized carbons (Fsp3) is 0.923. The van der Waals surface area contributed by atoms with Crippen molar-refractivity contribution in [2.45, 2.75) is 65.0 Å². The Morgan fingerprint density at radius 3 is 2.31 bits per heavy atom. The predicted octanol–water partition coefficient (Wildman–Crippen LogP) is 2.05. The molecule has 1 aliphatic rings. The van der Waals surface area contributed by atoms with Gasteiger partial charge in [-0.05, 0) is 37.5 Å². The molecule has 0 bridgehead atoms. The van der Waals surface area contributed by atoms with E-state index in [1.165, 1.54) is 0 Å². The highest BCUT2D eigenvalue weighted by Gasteiger charge is 2.21. The van der Waals surface area contributed by atoms with Crippen molar-refractivity contribution in [2.75, 3.05) is 0 Å². The summed E-state index contributed by atoms with van der Waals surface area (Å²) < 4.78 is 0. The number of carbonyl (C=O) groups is 1. The largest absolute Gasteiger partial charge is 0.353 e. The number of rotatable bonds is 4. The van der Waals surface area contributed by atoms with E-state index in [9.17, 15) is 4.79 Å². The summed E-state index contributed by atoms with van der Waals surface area (Å²) in [7, 11) is 0. The molecule has 1 amide bonds. The van der Waals surface area contributed by atoms with Gasteiger partial charge >= 0.3 is 0 Å². The lowest BCUT2D eigenvalue weighted by atomic mass is 9.90. The Bertz CT molecular complexity index is 220. The second kappa shape index (κ2) is 6.24. The minimum atomic E-state index is 0.210. The molecule has 1 aliphatic carbocycles. The highest BCUT2D eigenvalue weighted by atomic mass is 16.1. The average molecular weight is 226 g/mol. The topological polar surface area (TPSA) is 55.1 Å². The highest BCUT2D eigenvalue weighted by molar-refractivity contribution is 5.76. The van der Waals surface area contributed by atoms with Crippen LogP contribution in [-0.4, -0.2) is 18.0 Å². The van der Waals surface area contributed by atoms with Crippen LogP contribution in [0, 0.1) is 11.8 Å². The second-order valence-corrected chi connectivity index (χ2v) is 5.60. The maximum absolute atomic E-state index is 11.8. The van der Waals surface area contributed by atoms with Gasteiger partial charge in [-0.1, -0.05) is 20.8 Å². The molecule has 1 atom stereocenters. The number of amides is 1. The molecule has 0 radical (unpaired) electrons. The third-order valence-electron chi connectivity index (χ3n) is 3.78. The molecule has 0 saturated heterocycles. The second-order valence-electron chi connectivity index (χ2n) is 5.60. The molecule has 0 spiro atoms. The molecule has 3 nitrogen and oxygen atoms in total. The molecule has 0 aromatic rings. The summed E-state index contributed by atoms with van der Waals surface area (Å²) >= 11 is 0. The van der Waals surface area contributed by atoms with Crippen LogP contribution in [0.25, 0.3) is 0 Å². The van der Waals surface area contributed by atoms with Crippen molar-refractivity contribution in [2.24, 2.45) is 17.6 Å². The van der Waals surface area contributed by atoms with Crippen LogP contribution >= 0.6 is 0 Å². The van der Waals surface area contributed by atoms with Crippen molar-refractivity contribution < 1.29 is 4.79 Å². The molecular formula is C13H26N2O. The lowest BCUT2D eigenvalue weighted by Gasteiger charge is -2.27. The molecule has 0 aromatic heterocycles. The van der Waals surface area contributed by atoms with Crippen LogP contribution in [0.1, 0.15) is 52.9 Å². The number of hydrogen-bond donors (Lipinski definition) is 2. The molecule has 16 heavy (non-hydrogen) atoms. The predicted molar refractivity (Wildman–Crippen MR) is 67.0 cm³/mol. The van der Waals surface area contributed by atoms with E-state index in [1.54, 1.807) is 0 Å². The highest BCUT2D eigenvalue weighted by Crippen LogP contribution is 2.18. The Kier molecular flexibility index (Phi) is 5.26. The van der Waals surface area contributed by atoms with E-state index in [-0.39, 0.29) is 5.91 Å². The van der Waals surface area contributed by atoms with Crippen LogP contribution in [0.5, 0.6) is 0 Å². The van der Waals surface area contributed by atoms with E-state index in [1.807, 2.05) is 0 Å². The molecule has 3 heteroatoms. The van der Waals surface area contributed by atoms with Crippen LogP contribution in [0.2, 0.25) is 0 Å². The van der Waals surface area contributed by atoms with Gasteiger partial charge in [0.25, 0.3) is 0 Å². The molecule has 1 saturated carbocycles. The van der Waals surface area contributed by atoms with Gasteiger partial charge in [-0.25, -0.2) is 0 Å². The first kappa shape index (κ1) is 13.5. The van der Waals surface area contributed by atoms with Gasteiger partial charge in [0.1, 0.15) is 0 Å². The molecule has 3 N–H and O–H groups in total. The van der Waals surface area contributed by atoms with Crippen molar-refractivity contribution in [3.05, 3.63) is 0 Å². The number of carbonyl (C=O) groups excluding carboxylic acids is 1. The number of nitrogens with one attached hydrogen (secondary N) is 1. The van der Waals surface area contributed by atoms with Crippen LogP contribution < -0.4 is 11.1 Å². The van der Waals surface area contributed by atoms with E-state index < -0.39 is 0 Å². The smallest absolute Gasteiger partial charge is 0.220 e. The molecule has 1 unspecified atom stereocenters. The van der Waals surface area contributed by atoms with Crippen molar-refractivity contribution in [3.8, 4) is 0 Å². The van der Waals surface area contributed by atoms with E-state index in [2.05, 4.69) is 26.1 Å². The summed E-state index contributed by atoms with van der Waals surface area (Å²) in [5, 5.41) is 3.13. The molecule has 0 heterocycles. The fourth-order valence-electron chi connectivity index (χ4n) is 2.08. The number of hydrogen-bond acceptors (Lipinski definition) is 2. The van der Waals surface area contributed by atoms with Gasteiger partial charge in [0, 0.05) is 18.5 Å². The first-order valence-electron chi connectivity index (χ1n) is 6.54. The molecule has 1 fully saturated rings. The minimum Gasteiger partial charge on any atom is -0.353 e.